The summed E-state index contributed by atoms with van der Waals surface area (Å²) in [7, 11) is 0. The average molecular weight is 418 g/mol. The van der Waals surface area contributed by atoms with Gasteiger partial charge in [-0.3, -0.25) is 14.8 Å². The number of nitrogens with zero attached hydrogens (tertiary/aromatic N) is 4. The van der Waals surface area contributed by atoms with Crippen molar-refractivity contribution in [3.63, 3.8) is 0 Å². The quantitative estimate of drug-likeness (QED) is 0.522. The van der Waals surface area contributed by atoms with Gasteiger partial charge in [-0.15, -0.1) is 0 Å². The number of pyridine rings is 2. The lowest BCUT2D eigenvalue weighted by Gasteiger charge is -2.14. The lowest BCUT2D eigenvalue weighted by molar-refractivity contribution is -0.143. The maximum atomic E-state index is 13.9. The topological polar surface area (TPSA) is 72.7 Å². The summed E-state index contributed by atoms with van der Waals surface area (Å²) in [5.74, 6) is -0.981. The first-order valence-corrected chi connectivity index (χ1v) is 8.63. The number of anilines is 1. The zero-order valence-electron chi connectivity index (χ0n) is 14.5. The van der Waals surface area contributed by atoms with Gasteiger partial charge < -0.3 is 5.32 Å². The van der Waals surface area contributed by atoms with Gasteiger partial charge in [0.1, 0.15) is 0 Å². The number of amides is 1. The Morgan fingerprint density at radius 3 is 2.69 bits per heavy atom. The molecule has 0 aliphatic carbocycles. The largest absolute Gasteiger partial charge is 0.434 e. The lowest BCUT2D eigenvalue weighted by atomic mass is 10.1. The van der Waals surface area contributed by atoms with E-state index in [-0.39, 0.29) is 16.4 Å². The summed E-state index contributed by atoms with van der Waals surface area (Å²) < 4.78 is 42.4. The van der Waals surface area contributed by atoms with E-state index >= 15 is 0 Å². The fraction of sp³-hybridized carbons (Fsp3) is 0.0526. The van der Waals surface area contributed by atoms with Crippen LogP contribution >= 0.6 is 11.6 Å². The number of benzene rings is 1. The van der Waals surface area contributed by atoms with Crippen LogP contribution in [0.2, 0.25) is 5.02 Å². The number of carbonyl (C=O) groups is 1. The molecule has 0 bridgehead atoms. The highest BCUT2D eigenvalue weighted by Crippen LogP contribution is 2.35. The highest BCUT2D eigenvalue weighted by molar-refractivity contribution is 6.30. The summed E-state index contributed by atoms with van der Waals surface area (Å²) in [5.41, 5.74) is -0.992. The smallest absolute Gasteiger partial charge is 0.320 e. The molecule has 0 spiro atoms. The highest BCUT2D eigenvalue weighted by Gasteiger charge is 2.40. The van der Waals surface area contributed by atoms with E-state index < -0.39 is 23.3 Å². The molecule has 6 nitrogen and oxygen atoms in total. The van der Waals surface area contributed by atoms with Gasteiger partial charge in [-0.1, -0.05) is 17.7 Å². The van der Waals surface area contributed by atoms with Gasteiger partial charge in [-0.25, -0.2) is 4.68 Å². The molecule has 1 amide bonds. The van der Waals surface area contributed by atoms with Crippen LogP contribution in [-0.2, 0) is 6.18 Å². The standard InChI is InChI=1S/C19H11ClF3N5O/c20-11-7-12(9-24-8-11)27-18(29)14-10-26-28(17(14)19(21,22)23)16-5-1-4-15-13(16)3-2-6-25-15/h1-10H,(H,27,29). The Balaban J connectivity index is 1.83. The minimum absolute atomic E-state index is 0.159. The second-order valence-electron chi connectivity index (χ2n) is 6.01. The first kappa shape index (κ1) is 18.9. The Hall–Kier alpha value is -3.46. The SMILES string of the molecule is O=C(Nc1cncc(Cl)c1)c1cnn(-c2cccc3ncccc23)c1C(F)(F)F. The summed E-state index contributed by atoms with van der Waals surface area (Å²) in [5, 5.41) is 6.91. The van der Waals surface area contributed by atoms with Crippen molar-refractivity contribution in [3.8, 4) is 5.69 Å². The van der Waals surface area contributed by atoms with Gasteiger partial charge in [-0.2, -0.15) is 18.3 Å². The van der Waals surface area contributed by atoms with Crippen molar-refractivity contribution in [2.24, 2.45) is 0 Å². The van der Waals surface area contributed by atoms with Crippen LogP contribution in [0.1, 0.15) is 16.1 Å². The molecule has 0 fully saturated rings. The highest BCUT2D eigenvalue weighted by atomic mass is 35.5. The van der Waals surface area contributed by atoms with Crippen molar-refractivity contribution in [2.75, 3.05) is 5.32 Å². The van der Waals surface area contributed by atoms with Gasteiger partial charge in [0.25, 0.3) is 5.91 Å². The van der Waals surface area contributed by atoms with Crippen molar-refractivity contribution in [3.05, 3.63) is 77.5 Å². The maximum absolute atomic E-state index is 13.9. The summed E-state index contributed by atoms with van der Waals surface area (Å²) in [4.78, 5) is 20.5. The zero-order chi connectivity index (χ0) is 20.6. The Labute approximate surface area is 167 Å². The molecule has 3 heterocycles. The number of rotatable bonds is 3. The minimum atomic E-state index is -4.83. The van der Waals surface area contributed by atoms with Crippen molar-refractivity contribution in [2.45, 2.75) is 6.18 Å². The maximum Gasteiger partial charge on any atom is 0.434 e. The number of carbonyl (C=O) groups excluding carboxylic acids is 1. The van der Waals surface area contributed by atoms with Gasteiger partial charge in [0.15, 0.2) is 5.69 Å². The van der Waals surface area contributed by atoms with Crippen LogP contribution in [0.15, 0.2) is 61.2 Å². The monoisotopic (exact) mass is 417 g/mol. The van der Waals surface area contributed by atoms with Gasteiger partial charge in [-0.05, 0) is 30.3 Å². The molecule has 29 heavy (non-hydrogen) atoms. The van der Waals surface area contributed by atoms with Gasteiger partial charge >= 0.3 is 6.18 Å². The molecule has 1 N–H and O–H groups in total. The predicted octanol–water partition coefficient (Wildman–Crippen LogP) is 4.74. The van der Waals surface area contributed by atoms with Gasteiger partial charge in [0.2, 0.25) is 0 Å². The van der Waals surface area contributed by atoms with Crippen molar-refractivity contribution in [1.82, 2.24) is 19.7 Å². The van der Waals surface area contributed by atoms with Crippen molar-refractivity contribution < 1.29 is 18.0 Å². The van der Waals surface area contributed by atoms with Crippen LogP contribution in [0.3, 0.4) is 0 Å². The number of hydrogen-bond donors (Lipinski definition) is 1. The van der Waals surface area contributed by atoms with Crippen molar-refractivity contribution >= 4 is 34.1 Å². The molecule has 0 saturated carbocycles. The van der Waals surface area contributed by atoms with Crippen LogP contribution in [0.5, 0.6) is 0 Å². The molecule has 0 atom stereocenters. The Bertz CT molecular complexity index is 1220. The Morgan fingerprint density at radius 1 is 1.10 bits per heavy atom. The second kappa shape index (κ2) is 7.17. The third-order valence-corrected chi connectivity index (χ3v) is 4.30. The predicted molar refractivity (Wildman–Crippen MR) is 101 cm³/mol. The van der Waals surface area contributed by atoms with E-state index in [9.17, 15) is 18.0 Å². The molecular weight excluding hydrogens is 407 g/mol. The lowest BCUT2D eigenvalue weighted by Crippen LogP contribution is -2.21. The van der Waals surface area contributed by atoms with E-state index in [1.807, 2.05) is 0 Å². The molecule has 0 saturated heterocycles. The van der Waals surface area contributed by atoms with Crippen molar-refractivity contribution in [1.29, 1.82) is 0 Å². The first-order chi connectivity index (χ1) is 13.8. The molecule has 4 aromatic rings. The van der Waals surface area contributed by atoms with E-state index in [0.717, 1.165) is 6.20 Å². The summed E-state index contributed by atoms with van der Waals surface area (Å²) in [6.45, 7) is 0. The van der Waals surface area contributed by atoms with Crippen LogP contribution in [-0.4, -0.2) is 25.7 Å². The van der Waals surface area contributed by atoms with Gasteiger partial charge in [0, 0.05) is 17.8 Å². The molecule has 3 aromatic heterocycles. The Kier molecular flexibility index (Phi) is 4.67. The molecule has 0 aliphatic heterocycles. The van der Waals surface area contributed by atoms with E-state index in [1.165, 1.54) is 30.7 Å². The number of aromatic nitrogens is 4. The zero-order valence-corrected chi connectivity index (χ0v) is 15.2. The fourth-order valence-corrected chi connectivity index (χ4v) is 3.09. The third-order valence-electron chi connectivity index (χ3n) is 4.10. The molecule has 10 heteroatoms. The number of fused-ring (bicyclic) bond motifs is 1. The normalized spacial score (nSPS) is 11.6. The molecular formula is C19H11ClF3N5O. The third kappa shape index (κ3) is 3.64. The van der Waals surface area contributed by atoms with Crippen LogP contribution < -0.4 is 5.32 Å². The number of hydrogen-bond acceptors (Lipinski definition) is 4. The molecule has 0 unspecified atom stereocenters. The summed E-state index contributed by atoms with van der Waals surface area (Å²) in [6, 6.07) is 9.35. The van der Waals surface area contributed by atoms with Gasteiger partial charge in [0.05, 0.1) is 39.9 Å². The van der Waals surface area contributed by atoms with Crippen LogP contribution in [0.4, 0.5) is 18.9 Å². The van der Waals surface area contributed by atoms with E-state index in [0.29, 0.717) is 15.6 Å². The summed E-state index contributed by atoms with van der Waals surface area (Å²) in [6.07, 6.45) is 0.200. The number of nitrogens with one attached hydrogen (secondary N) is 1. The number of alkyl halides is 3. The second-order valence-corrected chi connectivity index (χ2v) is 6.45. The molecule has 0 aliphatic rings. The van der Waals surface area contributed by atoms with Crippen LogP contribution in [0.25, 0.3) is 16.6 Å². The molecule has 1 aromatic carbocycles. The van der Waals surface area contributed by atoms with Crippen LogP contribution in [0, 0.1) is 0 Å². The summed E-state index contributed by atoms with van der Waals surface area (Å²) >= 11 is 5.80. The van der Waals surface area contributed by atoms with E-state index in [1.54, 1.807) is 24.3 Å². The molecule has 0 radical (unpaired) electrons. The first-order valence-electron chi connectivity index (χ1n) is 8.26. The van der Waals surface area contributed by atoms with E-state index in [2.05, 4.69) is 20.4 Å². The fourth-order valence-electron chi connectivity index (χ4n) is 2.92. The Morgan fingerprint density at radius 2 is 1.93 bits per heavy atom. The average Bonchev–Trinajstić information content (AvgIpc) is 3.13. The molecule has 146 valence electrons. The minimum Gasteiger partial charge on any atom is -0.320 e. The number of halogens is 4. The van der Waals surface area contributed by atoms with E-state index in [4.69, 9.17) is 11.6 Å². The molecule has 4 rings (SSSR count).